The molecule has 1 saturated heterocycles. The van der Waals surface area contributed by atoms with E-state index in [1.807, 2.05) is 0 Å². The maximum atomic E-state index is 13.0. The molecule has 0 N–H and O–H groups in total. The highest BCUT2D eigenvalue weighted by Crippen LogP contribution is 2.64. The Morgan fingerprint density at radius 1 is 0.643 bits per heavy atom. The molecule has 0 saturated carbocycles. The van der Waals surface area contributed by atoms with Crippen LogP contribution in [0.15, 0.2) is 0 Å². The second-order valence-electron chi connectivity index (χ2n) is 8.78. The Morgan fingerprint density at radius 2 is 1.00 bits per heavy atom. The van der Waals surface area contributed by atoms with Crippen LogP contribution in [0.5, 0.6) is 0 Å². The Morgan fingerprint density at radius 3 is 1.33 bits per heavy atom. The van der Waals surface area contributed by atoms with Crippen molar-refractivity contribution in [2.24, 2.45) is 0 Å². The third-order valence-electron chi connectivity index (χ3n) is 5.55. The van der Waals surface area contributed by atoms with E-state index >= 15 is 0 Å². The first-order chi connectivity index (χ1) is 18.3. The zero-order chi connectivity index (χ0) is 34.0. The second-order valence-corrected chi connectivity index (χ2v) is 12.5. The molecule has 42 heavy (non-hydrogen) atoms. The lowest BCUT2D eigenvalue weighted by molar-refractivity contribution is -0.458. The number of hydrogen-bond donors (Lipinski definition) is 0. The summed E-state index contributed by atoms with van der Waals surface area (Å²) in [7, 11) is -7.67. The molecule has 23 heteroatoms. The van der Waals surface area contributed by atoms with E-state index in [0.717, 1.165) is 25.0 Å². The van der Waals surface area contributed by atoms with Crippen LogP contribution in [0.25, 0.3) is 0 Å². The maximum Gasteiger partial charge on any atom is 0.460 e. The fraction of sp³-hybridized carbons (Fsp3) is 0.947. The van der Waals surface area contributed by atoms with Gasteiger partial charge in [0.2, 0.25) is 0 Å². The van der Waals surface area contributed by atoms with Crippen LogP contribution in [0.1, 0.15) is 45.4 Å². The van der Waals surface area contributed by atoms with Crippen LogP contribution < -0.4 is 0 Å². The molecule has 252 valence electrons. The molecule has 1 aliphatic heterocycles. The molecule has 0 atom stereocenters. The van der Waals surface area contributed by atoms with Crippen LogP contribution in [-0.2, 0) is 25.8 Å². The normalized spacial score (nSPS) is 17.5. The molecule has 0 aromatic rings. The van der Waals surface area contributed by atoms with Crippen LogP contribution in [0, 0.1) is 0 Å². The molecular formula is C19H21F17O4S2. The maximum absolute atomic E-state index is 13.0. The van der Waals surface area contributed by atoms with E-state index in [1.54, 1.807) is 0 Å². The number of hydrogen-bond acceptors (Lipinski definition) is 4. The minimum Gasteiger partial charge on any atom is -0.743 e. The summed E-state index contributed by atoms with van der Waals surface area (Å²) in [6.45, 7) is 2.15. The molecule has 1 fully saturated rings. The van der Waals surface area contributed by atoms with Gasteiger partial charge in [-0.05, 0) is 36.6 Å². The number of halogens is 17. The number of carbonyl (C=O) groups is 1. The third kappa shape index (κ3) is 7.33. The molecule has 0 aromatic heterocycles. The predicted octanol–water partition coefficient (Wildman–Crippen LogP) is 7.05. The first-order valence-corrected chi connectivity index (χ1v) is 14.3. The molecule has 0 aromatic carbocycles. The largest absolute Gasteiger partial charge is 0.743 e. The highest BCUT2D eigenvalue weighted by atomic mass is 32.2. The summed E-state index contributed by atoms with van der Waals surface area (Å²) >= 11 is 0. The van der Waals surface area contributed by atoms with E-state index in [9.17, 15) is 92.4 Å². The van der Waals surface area contributed by atoms with Gasteiger partial charge in [-0.1, -0.05) is 13.3 Å². The summed E-state index contributed by atoms with van der Waals surface area (Å²) < 4.78 is 244. The van der Waals surface area contributed by atoms with Crippen molar-refractivity contribution in [2.75, 3.05) is 17.3 Å². The van der Waals surface area contributed by atoms with Crippen molar-refractivity contribution < 1.29 is 92.4 Å². The Bertz CT molecular complexity index is 1020. The lowest BCUT2D eigenvalue weighted by atomic mass is 9.91. The monoisotopic (exact) mass is 700 g/mol. The van der Waals surface area contributed by atoms with Crippen molar-refractivity contribution in [3.63, 3.8) is 0 Å². The van der Waals surface area contributed by atoms with Gasteiger partial charge in [0.1, 0.15) is 11.5 Å². The van der Waals surface area contributed by atoms with Crippen molar-refractivity contribution in [2.45, 2.75) is 92.4 Å². The van der Waals surface area contributed by atoms with Crippen LogP contribution in [0.3, 0.4) is 0 Å². The fourth-order valence-corrected chi connectivity index (χ4v) is 5.78. The zero-order valence-corrected chi connectivity index (χ0v) is 22.4. The molecular weight excluding hydrogens is 679 g/mol. The third-order valence-corrected chi connectivity index (χ3v) is 8.89. The zero-order valence-electron chi connectivity index (χ0n) is 20.7. The van der Waals surface area contributed by atoms with Crippen LogP contribution in [-0.4, -0.2) is 83.0 Å². The number of Topliss-reactive ketones (excluding diaryl/α,β-unsaturated/α-hetero) is 1. The first-order valence-electron chi connectivity index (χ1n) is 11.2. The number of ketones is 1. The molecule has 0 spiro atoms. The summed E-state index contributed by atoms with van der Waals surface area (Å²) in [6, 6.07) is 0. The number of rotatable bonds is 12. The smallest absolute Gasteiger partial charge is 0.460 e. The molecule has 1 aliphatic rings. The van der Waals surface area contributed by atoms with E-state index in [0.29, 0.717) is 16.7 Å². The Kier molecular flexibility index (Phi) is 12.6. The van der Waals surface area contributed by atoms with Gasteiger partial charge in [-0.3, -0.25) is 4.79 Å². The van der Waals surface area contributed by atoms with E-state index in [2.05, 4.69) is 6.92 Å². The van der Waals surface area contributed by atoms with Gasteiger partial charge in [0.25, 0.3) is 0 Å². The minimum absolute atomic E-state index is 0.472. The summed E-state index contributed by atoms with van der Waals surface area (Å²) in [5.41, 5.74) is 0. The standard InChI is InChI=1S/C11H21OS.C8HF17O3S/c1-2-3-7-11(12)10-13-8-5-4-6-9-13;9-1(10,3(13,14)5(17,18)7(21,22)23)2(11,12)4(15,16)6(19,20)8(24,25)29(26,27)28/h2-10H2,1H3;(H,26,27,28)/q+1;/p-1. The second kappa shape index (κ2) is 13.0. The average Bonchev–Trinajstić information content (AvgIpc) is 2.81. The molecule has 0 radical (unpaired) electrons. The molecule has 0 amide bonds. The van der Waals surface area contributed by atoms with E-state index in [4.69, 9.17) is 0 Å². The number of alkyl halides is 17. The van der Waals surface area contributed by atoms with Crippen LogP contribution in [0.2, 0.25) is 0 Å². The molecule has 1 heterocycles. The first kappa shape index (κ1) is 40.7. The lowest BCUT2D eigenvalue weighted by Crippen LogP contribution is -2.75. The quantitative estimate of drug-likeness (QED) is 0.124. The molecule has 0 aliphatic carbocycles. The van der Waals surface area contributed by atoms with E-state index in [1.165, 1.54) is 30.8 Å². The minimum atomic E-state index is -8.92. The summed E-state index contributed by atoms with van der Waals surface area (Å²) in [4.78, 5) is 11.5. The SMILES string of the molecule is CCCCC(=O)C[S+]1CCCCC1.O=S(=O)([O-])C(F)(F)C(F)(F)C(F)(F)C(F)(F)C(F)(F)C(F)(F)C(F)(F)C(F)(F)F. The summed E-state index contributed by atoms with van der Waals surface area (Å²) in [6.07, 6.45) is -0.688. The van der Waals surface area contributed by atoms with Gasteiger partial charge in [-0.15, -0.1) is 0 Å². The van der Waals surface area contributed by atoms with Gasteiger partial charge in [0.15, 0.2) is 21.7 Å². The van der Waals surface area contributed by atoms with Gasteiger partial charge in [-0.25, -0.2) is 8.42 Å². The van der Waals surface area contributed by atoms with Crippen LogP contribution >= 0.6 is 0 Å². The van der Waals surface area contributed by atoms with E-state index in [-0.39, 0.29) is 0 Å². The van der Waals surface area contributed by atoms with Crippen molar-refractivity contribution in [3.05, 3.63) is 0 Å². The highest BCUT2D eigenvalue weighted by Gasteiger charge is 2.95. The Hall–Kier alpha value is -1.26. The lowest BCUT2D eigenvalue weighted by Gasteiger charge is -2.42. The average molecular weight is 700 g/mol. The van der Waals surface area contributed by atoms with Crippen molar-refractivity contribution >= 4 is 26.8 Å². The highest BCUT2D eigenvalue weighted by molar-refractivity contribution is 7.97. The van der Waals surface area contributed by atoms with Crippen molar-refractivity contribution in [3.8, 4) is 0 Å². The van der Waals surface area contributed by atoms with E-state index < -0.39 is 57.1 Å². The van der Waals surface area contributed by atoms with Gasteiger partial charge < -0.3 is 4.55 Å². The predicted molar refractivity (Wildman–Crippen MR) is 111 cm³/mol. The van der Waals surface area contributed by atoms with Gasteiger partial charge in [-0.2, -0.15) is 74.6 Å². The Balaban J connectivity index is 0.00000107. The number of carbonyl (C=O) groups excluding carboxylic acids is 1. The van der Waals surface area contributed by atoms with Crippen LogP contribution in [0.4, 0.5) is 74.6 Å². The van der Waals surface area contributed by atoms with Gasteiger partial charge in [0.05, 0.1) is 0 Å². The summed E-state index contributed by atoms with van der Waals surface area (Å²) in [5.74, 6) is -48.1. The topological polar surface area (TPSA) is 74.3 Å². The molecule has 4 nitrogen and oxygen atoms in total. The van der Waals surface area contributed by atoms with Gasteiger partial charge in [0, 0.05) is 6.42 Å². The Labute approximate surface area is 229 Å². The van der Waals surface area contributed by atoms with Gasteiger partial charge >= 0.3 is 47.0 Å². The summed E-state index contributed by atoms with van der Waals surface area (Å²) in [5, 5.41) is -7.95. The molecule has 0 unspecified atom stereocenters. The number of unbranched alkanes of at least 4 members (excludes halogenated alkanes) is 1. The molecule has 1 rings (SSSR count). The van der Waals surface area contributed by atoms with Crippen molar-refractivity contribution in [1.82, 2.24) is 0 Å². The van der Waals surface area contributed by atoms with Crippen molar-refractivity contribution in [1.29, 1.82) is 0 Å². The molecule has 0 bridgehead atoms. The fourth-order valence-electron chi connectivity index (χ4n) is 3.02.